The molecule has 1 unspecified atom stereocenters. The number of pyridine rings is 1. The summed E-state index contributed by atoms with van der Waals surface area (Å²) in [4.78, 5) is 18.1. The van der Waals surface area contributed by atoms with Crippen molar-refractivity contribution in [1.29, 1.82) is 0 Å². The number of rotatable bonds is 2. The van der Waals surface area contributed by atoms with Crippen LogP contribution < -0.4 is 0 Å². The number of hydrogen-bond acceptors (Lipinski definition) is 2. The van der Waals surface area contributed by atoms with Crippen molar-refractivity contribution in [3.63, 3.8) is 0 Å². The smallest absolute Gasteiger partial charge is 0.255 e. The van der Waals surface area contributed by atoms with Gasteiger partial charge in [-0.3, -0.25) is 4.79 Å². The normalized spacial score (nSPS) is 19.7. The van der Waals surface area contributed by atoms with Crippen LogP contribution in [0.4, 0.5) is 0 Å². The molecule has 1 aromatic rings. The first-order valence-corrected chi connectivity index (χ1v) is 6.51. The van der Waals surface area contributed by atoms with E-state index in [-0.39, 0.29) is 11.1 Å². The van der Waals surface area contributed by atoms with Crippen molar-refractivity contribution in [2.24, 2.45) is 0 Å². The van der Waals surface area contributed by atoms with Gasteiger partial charge >= 0.3 is 0 Å². The van der Waals surface area contributed by atoms with Gasteiger partial charge in [0.25, 0.3) is 5.91 Å². The number of aromatic nitrogens is 1. The molecule has 92 valence electrons. The molecule has 1 aliphatic heterocycles. The summed E-state index contributed by atoms with van der Waals surface area (Å²) in [5.41, 5.74) is 0.514. The standard InChI is InChI=1S/C12H14Cl2N2O/c1-2-9-4-3-5-16(9)12(17)8-6-10(13)11(14)15-7-8/h6-7,9H,2-5H2,1H3. The Labute approximate surface area is 111 Å². The first-order valence-electron chi connectivity index (χ1n) is 5.75. The van der Waals surface area contributed by atoms with Crippen molar-refractivity contribution >= 4 is 29.1 Å². The highest BCUT2D eigenvalue weighted by Crippen LogP contribution is 2.25. The molecular formula is C12H14Cl2N2O. The third-order valence-electron chi connectivity index (χ3n) is 3.15. The van der Waals surface area contributed by atoms with E-state index in [2.05, 4.69) is 11.9 Å². The Hall–Kier alpha value is -0.800. The number of carbonyl (C=O) groups excluding carboxylic acids is 1. The quantitative estimate of drug-likeness (QED) is 0.774. The van der Waals surface area contributed by atoms with Gasteiger partial charge in [0.15, 0.2) is 0 Å². The lowest BCUT2D eigenvalue weighted by molar-refractivity contribution is 0.0733. The summed E-state index contributed by atoms with van der Waals surface area (Å²) < 4.78 is 0. The summed E-state index contributed by atoms with van der Waals surface area (Å²) in [5.74, 6) is 0.000386. The van der Waals surface area contributed by atoms with Gasteiger partial charge in [-0.1, -0.05) is 30.1 Å². The van der Waals surface area contributed by atoms with Crippen molar-refractivity contribution in [3.8, 4) is 0 Å². The predicted octanol–water partition coefficient (Wildman–Crippen LogP) is 3.40. The van der Waals surface area contributed by atoms with Crippen molar-refractivity contribution in [2.75, 3.05) is 6.54 Å². The van der Waals surface area contributed by atoms with Gasteiger partial charge in [-0.05, 0) is 25.3 Å². The highest BCUT2D eigenvalue weighted by atomic mass is 35.5. The predicted molar refractivity (Wildman–Crippen MR) is 68.6 cm³/mol. The van der Waals surface area contributed by atoms with E-state index in [1.807, 2.05) is 4.90 Å². The molecule has 1 fully saturated rings. The Bertz CT molecular complexity index is 437. The van der Waals surface area contributed by atoms with Crippen LogP contribution in [0.25, 0.3) is 0 Å². The Morgan fingerprint density at radius 3 is 3.00 bits per heavy atom. The van der Waals surface area contributed by atoms with Gasteiger partial charge in [0.05, 0.1) is 10.6 Å². The molecule has 0 spiro atoms. The molecule has 1 saturated heterocycles. The van der Waals surface area contributed by atoms with E-state index >= 15 is 0 Å². The number of halogens is 2. The molecule has 1 aliphatic rings. The van der Waals surface area contributed by atoms with Crippen LogP contribution in [-0.4, -0.2) is 28.4 Å². The Morgan fingerprint density at radius 1 is 1.59 bits per heavy atom. The van der Waals surface area contributed by atoms with Crippen molar-refractivity contribution < 1.29 is 4.79 Å². The fourth-order valence-electron chi connectivity index (χ4n) is 2.23. The van der Waals surface area contributed by atoms with E-state index < -0.39 is 0 Å². The number of nitrogens with zero attached hydrogens (tertiary/aromatic N) is 2. The zero-order valence-corrected chi connectivity index (χ0v) is 11.1. The average Bonchev–Trinajstić information content (AvgIpc) is 2.80. The largest absolute Gasteiger partial charge is 0.336 e. The molecule has 0 radical (unpaired) electrons. The van der Waals surface area contributed by atoms with Crippen LogP contribution in [0.2, 0.25) is 10.2 Å². The van der Waals surface area contributed by atoms with Crippen molar-refractivity contribution in [2.45, 2.75) is 32.2 Å². The van der Waals surface area contributed by atoms with Gasteiger partial charge in [-0.2, -0.15) is 0 Å². The molecule has 5 heteroatoms. The first kappa shape index (κ1) is 12.7. The zero-order valence-electron chi connectivity index (χ0n) is 9.62. The van der Waals surface area contributed by atoms with E-state index in [1.54, 1.807) is 6.07 Å². The van der Waals surface area contributed by atoms with Gasteiger partial charge in [-0.25, -0.2) is 4.98 Å². The minimum atomic E-state index is 0.000386. The molecular weight excluding hydrogens is 259 g/mol. The van der Waals surface area contributed by atoms with Crippen LogP contribution in [0.3, 0.4) is 0 Å². The molecule has 3 nitrogen and oxygen atoms in total. The molecule has 2 rings (SSSR count). The third-order valence-corrected chi connectivity index (χ3v) is 3.84. The second kappa shape index (κ2) is 5.23. The fraction of sp³-hybridized carbons (Fsp3) is 0.500. The lowest BCUT2D eigenvalue weighted by atomic mass is 10.1. The van der Waals surface area contributed by atoms with Crippen LogP contribution in [0.1, 0.15) is 36.5 Å². The van der Waals surface area contributed by atoms with Gasteiger partial charge in [0.2, 0.25) is 0 Å². The minimum Gasteiger partial charge on any atom is -0.336 e. The number of hydrogen-bond donors (Lipinski definition) is 0. The number of likely N-dealkylation sites (tertiary alicyclic amines) is 1. The number of amides is 1. The fourth-order valence-corrected chi connectivity index (χ4v) is 2.50. The lowest BCUT2D eigenvalue weighted by Gasteiger charge is -2.23. The maximum Gasteiger partial charge on any atom is 0.255 e. The summed E-state index contributed by atoms with van der Waals surface area (Å²) in [6, 6.07) is 1.93. The van der Waals surface area contributed by atoms with Crippen LogP contribution in [0.15, 0.2) is 12.3 Å². The molecule has 0 aromatic carbocycles. The maximum absolute atomic E-state index is 12.3. The molecule has 0 saturated carbocycles. The average molecular weight is 273 g/mol. The summed E-state index contributed by atoms with van der Waals surface area (Å²) in [6.07, 6.45) is 4.62. The molecule has 0 bridgehead atoms. The highest BCUT2D eigenvalue weighted by molar-refractivity contribution is 6.41. The topological polar surface area (TPSA) is 33.2 Å². The molecule has 1 amide bonds. The molecule has 0 aliphatic carbocycles. The molecule has 2 heterocycles. The zero-order chi connectivity index (χ0) is 12.4. The van der Waals surface area contributed by atoms with Crippen molar-refractivity contribution in [3.05, 3.63) is 28.0 Å². The lowest BCUT2D eigenvalue weighted by Crippen LogP contribution is -2.35. The van der Waals surface area contributed by atoms with Gasteiger partial charge in [-0.15, -0.1) is 0 Å². The van der Waals surface area contributed by atoms with E-state index in [0.717, 1.165) is 25.8 Å². The Morgan fingerprint density at radius 2 is 2.35 bits per heavy atom. The molecule has 1 aromatic heterocycles. The minimum absolute atomic E-state index is 0.000386. The Balaban J connectivity index is 2.21. The van der Waals surface area contributed by atoms with Gasteiger partial charge in [0, 0.05) is 18.8 Å². The van der Waals surface area contributed by atoms with E-state index in [4.69, 9.17) is 23.2 Å². The van der Waals surface area contributed by atoms with Crippen LogP contribution in [0, 0.1) is 0 Å². The van der Waals surface area contributed by atoms with E-state index in [9.17, 15) is 4.79 Å². The van der Waals surface area contributed by atoms with Gasteiger partial charge < -0.3 is 4.90 Å². The van der Waals surface area contributed by atoms with Crippen LogP contribution >= 0.6 is 23.2 Å². The highest BCUT2D eigenvalue weighted by Gasteiger charge is 2.28. The van der Waals surface area contributed by atoms with Gasteiger partial charge in [0.1, 0.15) is 5.15 Å². The summed E-state index contributed by atoms with van der Waals surface area (Å²) in [6.45, 7) is 2.92. The summed E-state index contributed by atoms with van der Waals surface area (Å²) in [5, 5.41) is 0.557. The monoisotopic (exact) mass is 272 g/mol. The first-order chi connectivity index (χ1) is 8.13. The van der Waals surface area contributed by atoms with Crippen LogP contribution in [0.5, 0.6) is 0 Å². The third kappa shape index (κ3) is 2.55. The van der Waals surface area contributed by atoms with E-state index in [1.165, 1.54) is 6.20 Å². The van der Waals surface area contributed by atoms with E-state index in [0.29, 0.717) is 16.6 Å². The SMILES string of the molecule is CCC1CCCN1C(=O)c1cnc(Cl)c(Cl)c1. The molecule has 1 atom stereocenters. The maximum atomic E-state index is 12.3. The number of carbonyl (C=O) groups is 1. The second-order valence-corrected chi connectivity index (χ2v) is 4.96. The summed E-state index contributed by atoms with van der Waals surface area (Å²) >= 11 is 11.6. The Kier molecular flexibility index (Phi) is 3.89. The second-order valence-electron chi connectivity index (χ2n) is 4.20. The molecule has 17 heavy (non-hydrogen) atoms. The van der Waals surface area contributed by atoms with Crippen LogP contribution in [-0.2, 0) is 0 Å². The molecule has 0 N–H and O–H groups in total. The summed E-state index contributed by atoms with van der Waals surface area (Å²) in [7, 11) is 0. The van der Waals surface area contributed by atoms with Crippen molar-refractivity contribution in [1.82, 2.24) is 9.88 Å².